The maximum Gasteiger partial charge on any atom is 0.288 e. The van der Waals surface area contributed by atoms with Crippen molar-refractivity contribution in [3.8, 4) is 6.07 Å². The van der Waals surface area contributed by atoms with Gasteiger partial charge in [0.1, 0.15) is 11.8 Å². The fraction of sp³-hybridized carbons (Fsp3) is 0.200. The van der Waals surface area contributed by atoms with Crippen molar-refractivity contribution in [3.05, 3.63) is 59.5 Å². The summed E-state index contributed by atoms with van der Waals surface area (Å²) >= 11 is 0. The molecular formula is C15H14N2O2. The predicted octanol–water partition coefficient (Wildman–Crippen LogP) is 2.84. The summed E-state index contributed by atoms with van der Waals surface area (Å²) in [6.45, 7) is 1.95. The minimum Gasteiger partial charge on any atom is -0.456 e. The number of nitrogens with one attached hydrogen (secondary N) is 1. The molecule has 4 heteroatoms. The lowest BCUT2D eigenvalue weighted by Gasteiger charge is -2.10. The Morgan fingerprint density at radius 2 is 2.05 bits per heavy atom. The molecule has 0 bridgehead atoms. The summed E-state index contributed by atoms with van der Waals surface area (Å²) in [5.74, 6) is 0.599. The van der Waals surface area contributed by atoms with Gasteiger partial charge in [-0.25, -0.2) is 0 Å². The van der Waals surface area contributed by atoms with Gasteiger partial charge in [-0.05, 0) is 17.7 Å². The van der Waals surface area contributed by atoms with Gasteiger partial charge in [-0.3, -0.25) is 4.79 Å². The molecule has 0 saturated carbocycles. The molecule has 1 N–H and O–H groups in total. The first kappa shape index (κ1) is 12.9. The molecule has 1 aromatic heterocycles. The number of carbonyl (C=O) groups excluding carboxylic acids is 1. The lowest BCUT2D eigenvalue weighted by Crippen LogP contribution is -2.27. The molecule has 0 aliphatic heterocycles. The Balaban J connectivity index is 2.11. The number of nitrogens with zero attached hydrogens (tertiary/aromatic N) is 1. The topological polar surface area (TPSA) is 66.0 Å². The van der Waals surface area contributed by atoms with E-state index >= 15 is 0 Å². The Bertz CT molecular complexity index is 596. The van der Waals surface area contributed by atoms with E-state index in [0.29, 0.717) is 0 Å². The van der Waals surface area contributed by atoms with Crippen LogP contribution in [0.4, 0.5) is 0 Å². The van der Waals surface area contributed by atoms with Crippen molar-refractivity contribution in [3.63, 3.8) is 0 Å². The van der Waals surface area contributed by atoms with Crippen molar-refractivity contribution in [2.24, 2.45) is 0 Å². The number of amides is 1. The number of rotatable bonds is 4. The van der Waals surface area contributed by atoms with Crippen LogP contribution >= 0.6 is 0 Å². The standard InChI is InChI=1S/C15H14N2O2/c1-2-12-8-9-14(19-12)15(18)17-13(10-16)11-6-4-3-5-7-11/h3-9,13H,2H2,1H3,(H,17,18). The van der Waals surface area contributed by atoms with Crippen LogP contribution in [0.3, 0.4) is 0 Å². The Labute approximate surface area is 111 Å². The summed E-state index contributed by atoms with van der Waals surface area (Å²) in [6, 6.07) is 13.9. The molecule has 96 valence electrons. The molecule has 0 saturated heterocycles. The van der Waals surface area contributed by atoms with Gasteiger partial charge in [0.25, 0.3) is 5.91 Å². The molecule has 1 amide bonds. The van der Waals surface area contributed by atoms with Crippen LogP contribution in [-0.2, 0) is 6.42 Å². The maximum atomic E-state index is 12.0. The van der Waals surface area contributed by atoms with Crippen LogP contribution in [0.1, 0.15) is 34.8 Å². The summed E-state index contributed by atoms with van der Waals surface area (Å²) < 4.78 is 5.35. The molecule has 1 atom stereocenters. The van der Waals surface area contributed by atoms with E-state index in [9.17, 15) is 4.79 Å². The van der Waals surface area contributed by atoms with Crippen molar-refractivity contribution >= 4 is 5.91 Å². The summed E-state index contributed by atoms with van der Waals surface area (Å²) in [5.41, 5.74) is 0.751. The van der Waals surface area contributed by atoms with Gasteiger partial charge in [-0.2, -0.15) is 5.26 Å². The summed E-state index contributed by atoms with van der Waals surface area (Å²) in [4.78, 5) is 12.0. The largest absolute Gasteiger partial charge is 0.456 e. The van der Waals surface area contributed by atoms with E-state index in [2.05, 4.69) is 11.4 Å². The molecule has 1 unspecified atom stereocenters. The zero-order valence-electron chi connectivity index (χ0n) is 10.6. The molecule has 0 radical (unpaired) electrons. The molecule has 4 nitrogen and oxygen atoms in total. The Kier molecular flexibility index (Phi) is 3.99. The summed E-state index contributed by atoms with van der Waals surface area (Å²) in [7, 11) is 0. The average Bonchev–Trinajstić information content (AvgIpc) is 2.94. The lowest BCUT2D eigenvalue weighted by molar-refractivity contribution is 0.0915. The normalized spacial score (nSPS) is 11.6. The van der Waals surface area contributed by atoms with Gasteiger partial charge < -0.3 is 9.73 Å². The van der Waals surface area contributed by atoms with E-state index in [0.717, 1.165) is 17.7 Å². The van der Waals surface area contributed by atoms with Gasteiger partial charge in [0, 0.05) is 6.42 Å². The van der Waals surface area contributed by atoms with Crippen LogP contribution < -0.4 is 5.32 Å². The highest BCUT2D eigenvalue weighted by molar-refractivity contribution is 5.92. The monoisotopic (exact) mass is 254 g/mol. The molecule has 1 heterocycles. The first-order chi connectivity index (χ1) is 9.24. The molecule has 0 spiro atoms. The lowest BCUT2D eigenvalue weighted by atomic mass is 10.1. The van der Waals surface area contributed by atoms with Crippen molar-refractivity contribution in [1.29, 1.82) is 5.26 Å². The quantitative estimate of drug-likeness (QED) is 0.912. The number of hydrogen-bond donors (Lipinski definition) is 1. The number of furan rings is 1. The van der Waals surface area contributed by atoms with Gasteiger partial charge in [0.05, 0.1) is 6.07 Å². The fourth-order valence-corrected chi connectivity index (χ4v) is 1.73. The molecule has 2 aromatic rings. The number of nitriles is 1. The van der Waals surface area contributed by atoms with Crippen LogP contribution in [0.15, 0.2) is 46.9 Å². The van der Waals surface area contributed by atoms with E-state index in [1.54, 1.807) is 24.3 Å². The summed E-state index contributed by atoms with van der Waals surface area (Å²) in [5, 5.41) is 11.8. The van der Waals surface area contributed by atoms with Gasteiger partial charge in [0.15, 0.2) is 5.76 Å². The van der Waals surface area contributed by atoms with Crippen LogP contribution in [0.5, 0.6) is 0 Å². The third-order valence-corrected chi connectivity index (χ3v) is 2.77. The predicted molar refractivity (Wildman–Crippen MR) is 70.3 cm³/mol. The van der Waals surface area contributed by atoms with Crippen molar-refractivity contribution in [2.75, 3.05) is 0 Å². The van der Waals surface area contributed by atoms with Crippen LogP contribution in [-0.4, -0.2) is 5.91 Å². The highest BCUT2D eigenvalue weighted by Crippen LogP contribution is 2.14. The second kappa shape index (κ2) is 5.87. The van der Waals surface area contributed by atoms with Gasteiger partial charge >= 0.3 is 0 Å². The van der Waals surface area contributed by atoms with Gasteiger partial charge in [-0.1, -0.05) is 37.3 Å². The molecule has 1 aromatic carbocycles. The van der Waals surface area contributed by atoms with Crippen molar-refractivity contribution in [1.82, 2.24) is 5.32 Å². The number of aryl methyl sites for hydroxylation is 1. The van der Waals surface area contributed by atoms with Gasteiger partial charge in [-0.15, -0.1) is 0 Å². The number of carbonyl (C=O) groups is 1. The minimum atomic E-state index is -0.677. The number of hydrogen-bond acceptors (Lipinski definition) is 3. The molecule has 0 aliphatic rings. The first-order valence-electron chi connectivity index (χ1n) is 6.08. The third kappa shape index (κ3) is 3.02. The Morgan fingerprint density at radius 3 is 2.63 bits per heavy atom. The third-order valence-electron chi connectivity index (χ3n) is 2.77. The number of benzene rings is 1. The van der Waals surface area contributed by atoms with Crippen molar-refractivity contribution < 1.29 is 9.21 Å². The molecule has 2 rings (SSSR count). The highest BCUT2D eigenvalue weighted by Gasteiger charge is 2.17. The van der Waals surface area contributed by atoms with Gasteiger partial charge in [0.2, 0.25) is 0 Å². The highest BCUT2D eigenvalue weighted by atomic mass is 16.3. The summed E-state index contributed by atoms with van der Waals surface area (Å²) in [6.07, 6.45) is 0.730. The fourth-order valence-electron chi connectivity index (χ4n) is 1.73. The molecule has 0 aliphatic carbocycles. The van der Waals surface area contributed by atoms with Crippen molar-refractivity contribution in [2.45, 2.75) is 19.4 Å². The zero-order chi connectivity index (χ0) is 13.7. The van der Waals surface area contributed by atoms with Crippen LogP contribution in [0.25, 0.3) is 0 Å². The first-order valence-corrected chi connectivity index (χ1v) is 6.08. The smallest absolute Gasteiger partial charge is 0.288 e. The Morgan fingerprint density at radius 1 is 1.32 bits per heavy atom. The SMILES string of the molecule is CCc1ccc(C(=O)NC(C#N)c2ccccc2)o1. The van der Waals surface area contributed by atoms with E-state index in [4.69, 9.17) is 9.68 Å². The minimum absolute atomic E-state index is 0.230. The molecule has 19 heavy (non-hydrogen) atoms. The van der Waals surface area contributed by atoms with Crippen LogP contribution in [0, 0.1) is 11.3 Å². The van der Waals surface area contributed by atoms with E-state index in [1.165, 1.54) is 0 Å². The van der Waals surface area contributed by atoms with Crippen LogP contribution in [0.2, 0.25) is 0 Å². The maximum absolute atomic E-state index is 12.0. The zero-order valence-corrected chi connectivity index (χ0v) is 10.6. The second-order valence-electron chi connectivity index (χ2n) is 4.07. The van der Waals surface area contributed by atoms with E-state index < -0.39 is 6.04 Å². The van der Waals surface area contributed by atoms with E-state index in [1.807, 2.05) is 25.1 Å². The second-order valence-corrected chi connectivity index (χ2v) is 4.07. The molecular weight excluding hydrogens is 240 g/mol. The average molecular weight is 254 g/mol. The molecule has 0 fully saturated rings. The van der Waals surface area contributed by atoms with E-state index in [-0.39, 0.29) is 11.7 Å². The Hall–Kier alpha value is -2.54.